The minimum Gasteiger partial charge on any atom is -0.508 e. The second kappa shape index (κ2) is 6.41. The molecule has 2 N–H and O–H groups in total. The van der Waals surface area contributed by atoms with Gasteiger partial charge < -0.3 is 15.2 Å². The van der Waals surface area contributed by atoms with Gasteiger partial charge in [-0.15, -0.1) is 0 Å². The lowest BCUT2D eigenvalue weighted by Crippen LogP contribution is -2.40. The first kappa shape index (κ1) is 14.4. The van der Waals surface area contributed by atoms with Gasteiger partial charge in [0.05, 0.1) is 5.56 Å². The largest absolute Gasteiger partial charge is 0.508 e. The normalized spacial score (nSPS) is 16.6. The Morgan fingerprint density at radius 3 is 2.70 bits per heavy atom. The van der Waals surface area contributed by atoms with Crippen LogP contribution in [0.15, 0.2) is 24.3 Å². The van der Waals surface area contributed by atoms with E-state index >= 15 is 0 Å². The number of carbonyl (C=O) groups is 2. The number of carbonyl (C=O) groups excluding carboxylic acids is 2. The Balaban J connectivity index is 1.88. The van der Waals surface area contributed by atoms with Gasteiger partial charge in [0.25, 0.3) is 5.91 Å². The second-order valence-electron chi connectivity index (χ2n) is 5.09. The fourth-order valence-corrected chi connectivity index (χ4v) is 2.30. The Bertz CT molecular complexity index is 494. The van der Waals surface area contributed by atoms with E-state index in [1.54, 1.807) is 13.0 Å². The Morgan fingerprint density at radius 1 is 1.35 bits per heavy atom. The molecule has 0 saturated heterocycles. The number of amides is 1. The molecule has 5 heteroatoms. The van der Waals surface area contributed by atoms with Gasteiger partial charge in [-0.25, -0.2) is 4.79 Å². The van der Waals surface area contributed by atoms with E-state index in [0.717, 1.165) is 25.7 Å². The van der Waals surface area contributed by atoms with Crippen molar-refractivity contribution in [2.24, 2.45) is 0 Å². The maximum Gasteiger partial charge on any atom is 0.339 e. The molecule has 1 amide bonds. The summed E-state index contributed by atoms with van der Waals surface area (Å²) in [5.74, 6) is -0.900. The van der Waals surface area contributed by atoms with Gasteiger partial charge in [0.15, 0.2) is 6.10 Å². The highest BCUT2D eigenvalue weighted by Gasteiger charge is 2.23. The summed E-state index contributed by atoms with van der Waals surface area (Å²) in [5.41, 5.74) is 0.227. The van der Waals surface area contributed by atoms with Crippen molar-refractivity contribution in [3.63, 3.8) is 0 Å². The minimum absolute atomic E-state index is 0.0116. The van der Waals surface area contributed by atoms with E-state index in [2.05, 4.69) is 5.32 Å². The van der Waals surface area contributed by atoms with E-state index in [1.165, 1.54) is 18.2 Å². The number of aromatic hydroxyl groups is 1. The quantitative estimate of drug-likeness (QED) is 0.825. The molecule has 2 rings (SSSR count). The zero-order valence-electron chi connectivity index (χ0n) is 11.5. The monoisotopic (exact) mass is 277 g/mol. The third-order valence-corrected chi connectivity index (χ3v) is 3.44. The van der Waals surface area contributed by atoms with Gasteiger partial charge in [0.2, 0.25) is 0 Å². The SMILES string of the molecule is C[C@H](OC(=O)c1cccc(O)c1)C(=O)NC1CCCC1. The average molecular weight is 277 g/mol. The van der Waals surface area contributed by atoms with Crippen molar-refractivity contribution in [1.82, 2.24) is 5.32 Å². The van der Waals surface area contributed by atoms with Crippen LogP contribution in [-0.4, -0.2) is 29.1 Å². The molecule has 108 valence electrons. The summed E-state index contributed by atoms with van der Waals surface area (Å²) < 4.78 is 5.10. The van der Waals surface area contributed by atoms with Crippen LogP contribution in [0.3, 0.4) is 0 Å². The molecular weight excluding hydrogens is 258 g/mol. The lowest BCUT2D eigenvalue weighted by atomic mass is 10.2. The molecule has 0 unspecified atom stereocenters. The highest BCUT2D eigenvalue weighted by Crippen LogP contribution is 2.18. The van der Waals surface area contributed by atoms with Crippen molar-refractivity contribution < 1.29 is 19.4 Å². The molecule has 1 saturated carbocycles. The number of esters is 1. The summed E-state index contributed by atoms with van der Waals surface area (Å²) in [6.45, 7) is 1.55. The third-order valence-electron chi connectivity index (χ3n) is 3.44. The molecule has 0 radical (unpaired) electrons. The van der Waals surface area contributed by atoms with Gasteiger partial charge in [-0.1, -0.05) is 18.9 Å². The standard InChI is InChI=1S/C15H19NO4/c1-10(14(18)16-12-6-2-3-7-12)20-15(19)11-5-4-8-13(17)9-11/h4-5,8-10,12,17H,2-3,6-7H2,1H3,(H,16,18)/t10-/m0/s1. The van der Waals surface area contributed by atoms with E-state index in [1.807, 2.05) is 0 Å². The molecule has 20 heavy (non-hydrogen) atoms. The Hall–Kier alpha value is -2.04. The number of phenolic OH excluding ortho intramolecular Hbond substituents is 1. The zero-order chi connectivity index (χ0) is 14.5. The number of hydrogen-bond acceptors (Lipinski definition) is 4. The summed E-state index contributed by atoms with van der Waals surface area (Å²) in [7, 11) is 0. The number of nitrogens with one attached hydrogen (secondary N) is 1. The molecular formula is C15H19NO4. The number of rotatable bonds is 4. The molecule has 1 aromatic rings. The lowest BCUT2D eigenvalue weighted by molar-refractivity contribution is -0.129. The van der Waals surface area contributed by atoms with Gasteiger partial charge in [0.1, 0.15) is 5.75 Å². The molecule has 1 atom stereocenters. The van der Waals surface area contributed by atoms with Crippen LogP contribution in [0.25, 0.3) is 0 Å². The van der Waals surface area contributed by atoms with Crippen LogP contribution in [0.4, 0.5) is 0 Å². The predicted octanol–water partition coefficient (Wildman–Crippen LogP) is 2.00. The van der Waals surface area contributed by atoms with Crippen molar-refractivity contribution in [2.45, 2.75) is 44.8 Å². The summed E-state index contributed by atoms with van der Waals surface area (Å²) in [6.07, 6.45) is 3.38. The van der Waals surface area contributed by atoms with Crippen LogP contribution in [0.1, 0.15) is 43.0 Å². The van der Waals surface area contributed by atoms with Crippen molar-refractivity contribution in [2.75, 3.05) is 0 Å². The van der Waals surface area contributed by atoms with Crippen LogP contribution >= 0.6 is 0 Å². The number of benzene rings is 1. The fraction of sp³-hybridized carbons (Fsp3) is 0.467. The molecule has 1 fully saturated rings. The Kier molecular flexibility index (Phi) is 4.61. The van der Waals surface area contributed by atoms with E-state index in [-0.39, 0.29) is 23.3 Å². The summed E-state index contributed by atoms with van der Waals surface area (Å²) >= 11 is 0. The third kappa shape index (κ3) is 3.73. The van der Waals surface area contributed by atoms with E-state index < -0.39 is 12.1 Å². The molecule has 1 aliphatic carbocycles. The molecule has 0 heterocycles. The Labute approximate surface area is 117 Å². The smallest absolute Gasteiger partial charge is 0.339 e. The average Bonchev–Trinajstić information content (AvgIpc) is 2.91. The fourth-order valence-electron chi connectivity index (χ4n) is 2.30. The van der Waals surface area contributed by atoms with Crippen LogP contribution in [-0.2, 0) is 9.53 Å². The molecule has 5 nitrogen and oxygen atoms in total. The van der Waals surface area contributed by atoms with E-state index in [0.29, 0.717) is 0 Å². The summed E-state index contributed by atoms with van der Waals surface area (Å²) in [5, 5.41) is 12.2. The van der Waals surface area contributed by atoms with Gasteiger partial charge in [-0.05, 0) is 38.0 Å². The van der Waals surface area contributed by atoms with Gasteiger partial charge in [-0.3, -0.25) is 4.79 Å². The van der Waals surface area contributed by atoms with Crippen LogP contribution in [0.5, 0.6) is 5.75 Å². The highest BCUT2D eigenvalue weighted by molar-refractivity contribution is 5.92. The first-order chi connectivity index (χ1) is 9.56. The van der Waals surface area contributed by atoms with Gasteiger partial charge >= 0.3 is 5.97 Å². The summed E-state index contributed by atoms with van der Waals surface area (Å²) in [6, 6.07) is 6.06. The molecule has 1 aliphatic rings. The van der Waals surface area contributed by atoms with Gasteiger partial charge in [0, 0.05) is 6.04 Å². The second-order valence-corrected chi connectivity index (χ2v) is 5.09. The predicted molar refractivity (Wildman–Crippen MR) is 73.4 cm³/mol. The molecule has 0 spiro atoms. The number of ether oxygens (including phenoxy) is 1. The molecule has 1 aromatic carbocycles. The van der Waals surface area contributed by atoms with Gasteiger partial charge in [-0.2, -0.15) is 0 Å². The van der Waals surface area contributed by atoms with Crippen LogP contribution < -0.4 is 5.32 Å². The first-order valence-corrected chi connectivity index (χ1v) is 6.86. The number of hydrogen-bond donors (Lipinski definition) is 2. The van der Waals surface area contributed by atoms with Crippen molar-refractivity contribution in [1.29, 1.82) is 0 Å². The van der Waals surface area contributed by atoms with Crippen molar-refractivity contribution in [3.8, 4) is 5.75 Å². The van der Waals surface area contributed by atoms with Crippen LogP contribution in [0.2, 0.25) is 0 Å². The molecule has 0 aromatic heterocycles. The Morgan fingerprint density at radius 2 is 2.05 bits per heavy atom. The van der Waals surface area contributed by atoms with Crippen LogP contribution in [0, 0.1) is 0 Å². The van der Waals surface area contributed by atoms with Crippen molar-refractivity contribution in [3.05, 3.63) is 29.8 Å². The molecule has 0 aliphatic heterocycles. The van der Waals surface area contributed by atoms with Crippen molar-refractivity contribution >= 4 is 11.9 Å². The maximum absolute atomic E-state index is 11.9. The maximum atomic E-state index is 11.9. The van der Waals surface area contributed by atoms with E-state index in [9.17, 15) is 14.7 Å². The molecule has 0 bridgehead atoms. The minimum atomic E-state index is -0.842. The summed E-state index contributed by atoms with van der Waals surface area (Å²) in [4.78, 5) is 23.7. The number of phenols is 1. The lowest BCUT2D eigenvalue weighted by Gasteiger charge is -2.17. The topological polar surface area (TPSA) is 75.6 Å². The zero-order valence-corrected chi connectivity index (χ0v) is 11.5. The first-order valence-electron chi connectivity index (χ1n) is 6.86. The highest BCUT2D eigenvalue weighted by atomic mass is 16.5. The van der Waals surface area contributed by atoms with E-state index in [4.69, 9.17) is 4.74 Å².